The van der Waals surface area contributed by atoms with Gasteiger partial charge in [-0.05, 0) is 29.0 Å². The second kappa shape index (κ2) is 7.15. The Kier molecular flexibility index (Phi) is 4.56. The van der Waals surface area contributed by atoms with Crippen molar-refractivity contribution < 1.29 is 5.11 Å². The third kappa shape index (κ3) is 3.40. The van der Waals surface area contributed by atoms with Crippen LogP contribution in [0.15, 0.2) is 71.1 Å². The molecular formula is C20H14ClN3OS. The van der Waals surface area contributed by atoms with Gasteiger partial charge >= 0.3 is 0 Å². The fourth-order valence-electron chi connectivity index (χ4n) is 2.65. The number of hydrogen-bond donors (Lipinski definition) is 2. The van der Waals surface area contributed by atoms with Crippen LogP contribution < -0.4 is 5.43 Å². The van der Waals surface area contributed by atoms with Crippen LogP contribution in [0, 0.1) is 0 Å². The first-order valence-corrected chi connectivity index (χ1v) is 9.18. The minimum atomic E-state index is 0.190. The molecule has 0 fully saturated rings. The number of thiazole rings is 1. The van der Waals surface area contributed by atoms with Crippen LogP contribution in [0.4, 0.5) is 5.13 Å². The third-order valence-electron chi connectivity index (χ3n) is 3.95. The second-order valence-corrected chi connectivity index (χ2v) is 6.93. The molecule has 26 heavy (non-hydrogen) atoms. The Morgan fingerprint density at radius 3 is 2.69 bits per heavy atom. The van der Waals surface area contributed by atoms with Gasteiger partial charge in [0.05, 0.1) is 11.9 Å². The van der Waals surface area contributed by atoms with E-state index in [0.717, 1.165) is 22.0 Å². The highest BCUT2D eigenvalue weighted by molar-refractivity contribution is 7.14. The molecule has 0 atom stereocenters. The predicted octanol–water partition coefficient (Wildman–Crippen LogP) is 5.77. The smallest absolute Gasteiger partial charge is 0.203 e. The monoisotopic (exact) mass is 379 g/mol. The maximum Gasteiger partial charge on any atom is 0.203 e. The maximum atomic E-state index is 10.1. The van der Waals surface area contributed by atoms with E-state index in [-0.39, 0.29) is 5.75 Å². The van der Waals surface area contributed by atoms with E-state index in [4.69, 9.17) is 11.6 Å². The Morgan fingerprint density at radius 2 is 1.85 bits per heavy atom. The standard InChI is InChI=1S/C20H14ClN3OS/c21-15-8-5-14(6-9-15)18-12-26-20(23-18)24-22-11-17-16-4-2-1-3-13(16)7-10-19(17)25/h1-12,25H,(H,23,24). The summed E-state index contributed by atoms with van der Waals surface area (Å²) in [5.74, 6) is 0.190. The van der Waals surface area contributed by atoms with Gasteiger partial charge in [0.1, 0.15) is 5.75 Å². The summed E-state index contributed by atoms with van der Waals surface area (Å²) in [5.41, 5.74) is 5.45. The molecule has 0 spiro atoms. The lowest BCUT2D eigenvalue weighted by atomic mass is 10.0. The molecule has 4 aromatic rings. The summed E-state index contributed by atoms with van der Waals surface area (Å²) in [5, 5.41) is 19.7. The van der Waals surface area contributed by atoms with Gasteiger partial charge in [0.25, 0.3) is 0 Å². The van der Waals surface area contributed by atoms with Crippen LogP contribution in [0.3, 0.4) is 0 Å². The van der Waals surface area contributed by atoms with Crippen molar-refractivity contribution in [3.63, 3.8) is 0 Å². The average molecular weight is 380 g/mol. The average Bonchev–Trinajstić information content (AvgIpc) is 3.13. The molecule has 0 saturated carbocycles. The third-order valence-corrected chi connectivity index (χ3v) is 4.94. The zero-order valence-electron chi connectivity index (χ0n) is 13.6. The minimum Gasteiger partial charge on any atom is -0.507 e. The summed E-state index contributed by atoms with van der Waals surface area (Å²) >= 11 is 7.38. The fourth-order valence-corrected chi connectivity index (χ4v) is 3.44. The lowest BCUT2D eigenvalue weighted by molar-refractivity contribution is 0.475. The number of halogens is 1. The Morgan fingerprint density at radius 1 is 1.04 bits per heavy atom. The molecule has 4 rings (SSSR count). The van der Waals surface area contributed by atoms with Crippen molar-refractivity contribution in [3.05, 3.63) is 76.6 Å². The molecule has 0 radical (unpaired) electrons. The van der Waals surface area contributed by atoms with Gasteiger partial charge in [0.2, 0.25) is 5.13 Å². The number of nitrogens with zero attached hydrogens (tertiary/aromatic N) is 2. The normalized spacial score (nSPS) is 11.3. The summed E-state index contributed by atoms with van der Waals surface area (Å²) in [7, 11) is 0. The minimum absolute atomic E-state index is 0.190. The van der Waals surface area contributed by atoms with E-state index in [0.29, 0.717) is 15.7 Å². The lowest BCUT2D eigenvalue weighted by Gasteiger charge is -2.04. The molecule has 0 saturated heterocycles. The van der Waals surface area contributed by atoms with Crippen molar-refractivity contribution >= 4 is 45.1 Å². The van der Waals surface area contributed by atoms with Gasteiger partial charge in [-0.15, -0.1) is 11.3 Å². The number of aromatic hydroxyl groups is 1. The number of hydrogen-bond acceptors (Lipinski definition) is 5. The van der Waals surface area contributed by atoms with Gasteiger partial charge < -0.3 is 5.11 Å². The first-order valence-electron chi connectivity index (χ1n) is 7.92. The number of phenols is 1. The Bertz CT molecular complexity index is 1090. The fraction of sp³-hybridized carbons (Fsp3) is 0. The number of rotatable bonds is 4. The Labute approximate surface area is 159 Å². The van der Waals surface area contributed by atoms with Crippen molar-refractivity contribution in [1.29, 1.82) is 0 Å². The van der Waals surface area contributed by atoms with Crippen molar-refractivity contribution in [2.75, 3.05) is 5.43 Å². The van der Waals surface area contributed by atoms with E-state index in [1.54, 1.807) is 12.3 Å². The van der Waals surface area contributed by atoms with Gasteiger partial charge in [-0.25, -0.2) is 4.98 Å². The number of fused-ring (bicyclic) bond motifs is 1. The van der Waals surface area contributed by atoms with Gasteiger partial charge in [-0.2, -0.15) is 5.10 Å². The highest BCUT2D eigenvalue weighted by Crippen LogP contribution is 2.27. The molecule has 1 aromatic heterocycles. The number of benzene rings is 3. The molecule has 0 amide bonds. The summed E-state index contributed by atoms with van der Waals surface area (Å²) in [6, 6.07) is 18.9. The van der Waals surface area contributed by atoms with E-state index in [2.05, 4.69) is 15.5 Å². The van der Waals surface area contributed by atoms with Crippen LogP contribution >= 0.6 is 22.9 Å². The van der Waals surface area contributed by atoms with Crippen molar-refractivity contribution in [2.45, 2.75) is 0 Å². The van der Waals surface area contributed by atoms with Gasteiger partial charge in [-0.1, -0.05) is 54.1 Å². The predicted molar refractivity (Wildman–Crippen MR) is 109 cm³/mol. The molecule has 0 aliphatic carbocycles. The molecule has 0 bridgehead atoms. The molecular weight excluding hydrogens is 366 g/mol. The Balaban J connectivity index is 1.55. The molecule has 6 heteroatoms. The van der Waals surface area contributed by atoms with Crippen molar-refractivity contribution in [1.82, 2.24) is 4.98 Å². The number of nitrogens with one attached hydrogen (secondary N) is 1. The quantitative estimate of drug-likeness (QED) is 0.349. The Hall–Kier alpha value is -2.89. The molecule has 0 aliphatic heterocycles. The van der Waals surface area contributed by atoms with Crippen LogP contribution in [-0.4, -0.2) is 16.3 Å². The van der Waals surface area contributed by atoms with E-state index in [1.165, 1.54) is 11.3 Å². The van der Waals surface area contributed by atoms with Crippen LogP contribution in [-0.2, 0) is 0 Å². The second-order valence-electron chi connectivity index (χ2n) is 5.63. The first-order chi connectivity index (χ1) is 12.7. The summed E-state index contributed by atoms with van der Waals surface area (Å²) < 4.78 is 0. The number of aromatic nitrogens is 1. The van der Waals surface area contributed by atoms with Crippen molar-refractivity contribution in [2.24, 2.45) is 5.10 Å². The molecule has 0 aliphatic rings. The molecule has 0 unspecified atom stereocenters. The van der Waals surface area contributed by atoms with E-state index >= 15 is 0 Å². The van der Waals surface area contributed by atoms with Gasteiger partial charge in [0, 0.05) is 21.5 Å². The maximum absolute atomic E-state index is 10.1. The largest absolute Gasteiger partial charge is 0.507 e. The van der Waals surface area contributed by atoms with E-state index in [1.807, 2.05) is 60.0 Å². The topological polar surface area (TPSA) is 57.5 Å². The molecule has 2 N–H and O–H groups in total. The summed E-state index contributed by atoms with van der Waals surface area (Å²) in [6.45, 7) is 0. The van der Waals surface area contributed by atoms with Crippen LogP contribution in [0.2, 0.25) is 5.02 Å². The van der Waals surface area contributed by atoms with E-state index in [9.17, 15) is 5.11 Å². The number of phenolic OH excluding ortho intramolecular Hbond substituents is 1. The van der Waals surface area contributed by atoms with Gasteiger partial charge in [-0.3, -0.25) is 5.43 Å². The molecule has 1 heterocycles. The zero-order valence-corrected chi connectivity index (χ0v) is 15.1. The summed E-state index contributed by atoms with van der Waals surface area (Å²) in [4.78, 5) is 4.51. The summed E-state index contributed by atoms with van der Waals surface area (Å²) in [6.07, 6.45) is 1.61. The van der Waals surface area contributed by atoms with Crippen LogP contribution in [0.25, 0.3) is 22.0 Å². The lowest BCUT2D eigenvalue weighted by Crippen LogP contribution is -1.92. The number of hydrazone groups is 1. The number of anilines is 1. The molecule has 3 aromatic carbocycles. The van der Waals surface area contributed by atoms with Crippen LogP contribution in [0.1, 0.15) is 5.56 Å². The highest BCUT2D eigenvalue weighted by atomic mass is 35.5. The first kappa shape index (κ1) is 16.6. The van der Waals surface area contributed by atoms with E-state index < -0.39 is 0 Å². The van der Waals surface area contributed by atoms with Crippen molar-refractivity contribution in [3.8, 4) is 17.0 Å². The molecule has 128 valence electrons. The van der Waals surface area contributed by atoms with Gasteiger partial charge in [0.15, 0.2) is 0 Å². The zero-order chi connectivity index (χ0) is 17.9. The van der Waals surface area contributed by atoms with Crippen LogP contribution in [0.5, 0.6) is 5.75 Å². The highest BCUT2D eigenvalue weighted by Gasteiger charge is 2.06. The SMILES string of the molecule is Oc1ccc2ccccc2c1C=NNc1nc(-c2ccc(Cl)cc2)cs1. The molecule has 4 nitrogen and oxygen atoms in total.